The van der Waals surface area contributed by atoms with Crippen LogP contribution in [0.25, 0.3) is 0 Å². The fourth-order valence-corrected chi connectivity index (χ4v) is 4.49. The number of benzene rings is 2. The average molecular weight is 404 g/mol. The largest absolute Gasteiger partial charge is 0.497 e. The molecule has 7 nitrogen and oxygen atoms in total. The third-order valence-electron chi connectivity index (χ3n) is 4.64. The molecule has 0 aliphatic carbocycles. The molecule has 0 N–H and O–H groups in total. The van der Waals surface area contributed by atoms with Gasteiger partial charge in [-0.3, -0.25) is 4.79 Å². The molecule has 2 aromatic carbocycles. The van der Waals surface area contributed by atoms with Crippen molar-refractivity contribution in [2.45, 2.75) is 11.8 Å². The summed E-state index contributed by atoms with van der Waals surface area (Å²) in [7, 11) is -2.06. The zero-order valence-electron chi connectivity index (χ0n) is 16.0. The molecule has 8 heteroatoms. The Hall–Kier alpha value is -2.58. The second-order valence-electron chi connectivity index (χ2n) is 6.33. The lowest BCUT2D eigenvalue weighted by Crippen LogP contribution is -2.50. The molecule has 1 heterocycles. The van der Waals surface area contributed by atoms with Crippen molar-refractivity contribution in [3.63, 3.8) is 0 Å². The normalized spacial score (nSPS) is 15.3. The van der Waals surface area contributed by atoms with E-state index in [1.807, 2.05) is 6.92 Å². The molecular weight excluding hydrogens is 380 g/mol. The van der Waals surface area contributed by atoms with Gasteiger partial charge in [0.15, 0.2) is 0 Å². The number of ether oxygens (including phenoxy) is 2. The van der Waals surface area contributed by atoms with Gasteiger partial charge in [0, 0.05) is 31.7 Å². The van der Waals surface area contributed by atoms with E-state index in [2.05, 4.69) is 0 Å². The van der Waals surface area contributed by atoms with E-state index in [1.165, 1.54) is 23.5 Å². The van der Waals surface area contributed by atoms with Gasteiger partial charge in [0.05, 0.1) is 18.6 Å². The first-order valence-electron chi connectivity index (χ1n) is 9.12. The summed E-state index contributed by atoms with van der Waals surface area (Å²) in [4.78, 5) is 14.6. The standard InChI is InChI=1S/C20H24N2O5S/c1-3-27-18-6-4-16(5-7-18)20(23)21-12-14-22(15-13-21)28(24,25)19-10-8-17(26-2)9-11-19/h4-11H,3,12-15H2,1-2H3. The lowest BCUT2D eigenvalue weighted by atomic mass is 10.2. The number of sulfonamides is 1. The highest BCUT2D eigenvalue weighted by Crippen LogP contribution is 2.21. The lowest BCUT2D eigenvalue weighted by molar-refractivity contribution is 0.0698. The van der Waals surface area contributed by atoms with Gasteiger partial charge in [-0.15, -0.1) is 0 Å². The molecule has 0 bridgehead atoms. The maximum atomic E-state index is 12.8. The SMILES string of the molecule is CCOc1ccc(C(=O)N2CCN(S(=O)(=O)c3ccc(OC)cc3)CC2)cc1. The Labute approximate surface area is 165 Å². The van der Waals surface area contributed by atoms with E-state index in [-0.39, 0.29) is 23.9 Å². The van der Waals surface area contributed by atoms with Crippen LogP contribution in [-0.2, 0) is 10.0 Å². The summed E-state index contributed by atoms with van der Waals surface area (Å²) in [5.74, 6) is 1.21. The number of piperazine rings is 1. The van der Waals surface area contributed by atoms with Gasteiger partial charge in [0.2, 0.25) is 10.0 Å². The van der Waals surface area contributed by atoms with Crippen molar-refractivity contribution >= 4 is 15.9 Å². The number of carbonyl (C=O) groups is 1. The quantitative estimate of drug-likeness (QED) is 0.738. The van der Waals surface area contributed by atoms with Crippen molar-refractivity contribution in [2.24, 2.45) is 0 Å². The fraction of sp³-hybridized carbons (Fsp3) is 0.350. The smallest absolute Gasteiger partial charge is 0.253 e. The Bertz CT molecular complexity index is 903. The van der Waals surface area contributed by atoms with Crippen LogP contribution in [-0.4, -0.2) is 63.4 Å². The highest BCUT2D eigenvalue weighted by atomic mass is 32.2. The average Bonchev–Trinajstić information content (AvgIpc) is 2.74. The molecule has 0 radical (unpaired) electrons. The predicted octanol–water partition coefficient (Wildman–Crippen LogP) is 2.24. The van der Waals surface area contributed by atoms with Crippen molar-refractivity contribution in [3.8, 4) is 11.5 Å². The van der Waals surface area contributed by atoms with Crippen LogP contribution in [0.15, 0.2) is 53.4 Å². The summed E-state index contributed by atoms with van der Waals surface area (Å²) in [6.45, 7) is 3.69. The highest BCUT2D eigenvalue weighted by molar-refractivity contribution is 7.89. The van der Waals surface area contributed by atoms with E-state index in [0.29, 0.717) is 31.0 Å². The second-order valence-corrected chi connectivity index (χ2v) is 8.27. The van der Waals surface area contributed by atoms with Gasteiger partial charge in [-0.25, -0.2) is 8.42 Å². The summed E-state index contributed by atoms with van der Waals surface area (Å²) in [6, 6.07) is 13.3. The molecule has 0 atom stereocenters. The van der Waals surface area contributed by atoms with Crippen molar-refractivity contribution in [1.29, 1.82) is 0 Å². The molecule has 1 saturated heterocycles. The molecule has 0 unspecified atom stereocenters. The molecule has 0 spiro atoms. The van der Waals surface area contributed by atoms with Gasteiger partial charge in [-0.1, -0.05) is 0 Å². The third-order valence-corrected chi connectivity index (χ3v) is 6.55. The first-order chi connectivity index (χ1) is 13.5. The zero-order chi connectivity index (χ0) is 20.1. The van der Waals surface area contributed by atoms with Crippen LogP contribution in [0.5, 0.6) is 11.5 Å². The van der Waals surface area contributed by atoms with E-state index >= 15 is 0 Å². The highest BCUT2D eigenvalue weighted by Gasteiger charge is 2.30. The van der Waals surface area contributed by atoms with Crippen LogP contribution in [0.4, 0.5) is 0 Å². The number of amides is 1. The van der Waals surface area contributed by atoms with Crippen molar-refractivity contribution in [3.05, 3.63) is 54.1 Å². The van der Waals surface area contributed by atoms with Crippen LogP contribution in [0, 0.1) is 0 Å². The number of carbonyl (C=O) groups excluding carboxylic acids is 1. The molecule has 3 rings (SSSR count). The summed E-state index contributed by atoms with van der Waals surface area (Å²) >= 11 is 0. The van der Waals surface area contributed by atoms with Crippen LogP contribution >= 0.6 is 0 Å². The van der Waals surface area contributed by atoms with Gasteiger partial charge in [0.1, 0.15) is 11.5 Å². The molecular formula is C20H24N2O5S. The maximum absolute atomic E-state index is 12.8. The molecule has 1 fully saturated rings. The van der Waals surface area contributed by atoms with E-state index in [1.54, 1.807) is 41.3 Å². The summed E-state index contributed by atoms with van der Waals surface area (Å²) in [5, 5.41) is 0. The monoisotopic (exact) mass is 404 g/mol. The molecule has 1 aliphatic heterocycles. The van der Waals surface area contributed by atoms with Gasteiger partial charge in [-0.2, -0.15) is 4.31 Å². The molecule has 1 amide bonds. The van der Waals surface area contributed by atoms with Crippen molar-refractivity contribution in [1.82, 2.24) is 9.21 Å². The minimum atomic E-state index is -3.59. The summed E-state index contributed by atoms with van der Waals surface area (Å²) in [5.41, 5.74) is 0.565. The van der Waals surface area contributed by atoms with E-state index in [4.69, 9.17) is 9.47 Å². The van der Waals surface area contributed by atoms with Crippen molar-refractivity contribution < 1.29 is 22.7 Å². The Morgan fingerprint density at radius 1 is 0.929 bits per heavy atom. The minimum absolute atomic E-state index is 0.107. The van der Waals surface area contributed by atoms with E-state index in [9.17, 15) is 13.2 Å². The summed E-state index contributed by atoms with van der Waals surface area (Å²) in [6.07, 6.45) is 0. The molecule has 0 saturated carbocycles. The van der Waals surface area contributed by atoms with Crippen molar-refractivity contribution in [2.75, 3.05) is 39.9 Å². The van der Waals surface area contributed by atoms with Crippen LogP contribution < -0.4 is 9.47 Å². The number of nitrogens with zero attached hydrogens (tertiary/aromatic N) is 2. The number of hydrogen-bond donors (Lipinski definition) is 0. The van der Waals surface area contributed by atoms with E-state index < -0.39 is 10.0 Å². The fourth-order valence-electron chi connectivity index (χ4n) is 3.07. The second kappa shape index (κ2) is 8.62. The first kappa shape index (κ1) is 20.2. The first-order valence-corrected chi connectivity index (χ1v) is 10.6. The Morgan fingerprint density at radius 2 is 1.50 bits per heavy atom. The minimum Gasteiger partial charge on any atom is -0.497 e. The number of methoxy groups -OCH3 is 1. The molecule has 1 aliphatic rings. The van der Waals surface area contributed by atoms with Crippen LogP contribution in [0.3, 0.4) is 0 Å². The van der Waals surface area contributed by atoms with E-state index in [0.717, 1.165) is 5.75 Å². The Kier molecular flexibility index (Phi) is 6.21. The Morgan fingerprint density at radius 3 is 2.04 bits per heavy atom. The van der Waals surface area contributed by atoms with Gasteiger partial charge in [0.25, 0.3) is 5.91 Å². The van der Waals surface area contributed by atoms with Gasteiger partial charge in [-0.05, 0) is 55.5 Å². The molecule has 150 valence electrons. The molecule has 28 heavy (non-hydrogen) atoms. The predicted molar refractivity (Wildman–Crippen MR) is 105 cm³/mol. The molecule has 0 aromatic heterocycles. The topological polar surface area (TPSA) is 76.2 Å². The third kappa shape index (κ3) is 4.28. The zero-order valence-corrected chi connectivity index (χ0v) is 16.8. The lowest BCUT2D eigenvalue weighted by Gasteiger charge is -2.34. The maximum Gasteiger partial charge on any atom is 0.253 e. The number of rotatable bonds is 6. The van der Waals surface area contributed by atoms with Crippen LogP contribution in [0.1, 0.15) is 17.3 Å². The van der Waals surface area contributed by atoms with Gasteiger partial charge >= 0.3 is 0 Å². The van der Waals surface area contributed by atoms with Gasteiger partial charge < -0.3 is 14.4 Å². The Balaban J connectivity index is 1.63. The molecule has 2 aromatic rings. The van der Waals surface area contributed by atoms with Crippen LogP contribution in [0.2, 0.25) is 0 Å². The number of hydrogen-bond acceptors (Lipinski definition) is 5. The summed E-state index contributed by atoms with van der Waals surface area (Å²) < 4.78 is 37.5.